The van der Waals surface area contributed by atoms with Crippen molar-refractivity contribution in [2.24, 2.45) is 0 Å². The predicted molar refractivity (Wildman–Crippen MR) is 115 cm³/mol. The molecule has 8 heteroatoms. The lowest BCUT2D eigenvalue weighted by Crippen LogP contribution is -2.50. The molecule has 1 aromatic carbocycles. The maximum absolute atomic E-state index is 13.7. The third-order valence-electron chi connectivity index (χ3n) is 4.83. The van der Waals surface area contributed by atoms with Crippen LogP contribution in [0.5, 0.6) is 0 Å². The number of pyridine rings is 1. The number of amides is 2. The maximum atomic E-state index is 13.7. The number of rotatable bonds is 5. The standard InChI is InChI=1S/C23H29F2N3O3/c1-14-8-19(13-26-15(14)2)27(6)21(29)20(28(7)22(30)31-23(3,4)5)11-16-9-17(24)12-18(25)10-16/h8-10,12-13,20H,11H2,1-7H3. The number of carbonyl (C=O) groups is 2. The Morgan fingerprint density at radius 1 is 1.06 bits per heavy atom. The van der Waals surface area contributed by atoms with Gasteiger partial charge in [-0.15, -0.1) is 0 Å². The van der Waals surface area contributed by atoms with Crippen molar-refractivity contribution < 1.29 is 23.1 Å². The van der Waals surface area contributed by atoms with Crippen LogP contribution >= 0.6 is 0 Å². The van der Waals surface area contributed by atoms with Crippen molar-refractivity contribution in [2.45, 2.75) is 52.7 Å². The van der Waals surface area contributed by atoms with Crippen LogP contribution in [-0.2, 0) is 16.0 Å². The fourth-order valence-corrected chi connectivity index (χ4v) is 2.97. The van der Waals surface area contributed by atoms with E-state index < -0.39 is 35.3 Å². The SMILES string of the molecule is Cc1cc(N(C)C(=O)C(Cc2cc(F)cc(F)c2)N(C)C(=O)OC(C)(C)C)cnc1C. The lowest BCUT2D eigenvalue weighted by atomic mass is 10.0. The van der Waals surface area contributed by atoms with E-state index in [1.165, 1.54) is 11.9 Å². The highest BCUT2D eigenvalue weighted by atomic mass is 19.1. The number of nitrogens with zero attached hydrogens (tertiary/aromatic N) is 3. The number of halogens is 2. The molecule has 0 saturated carbocycles. The van der Waals surface area contributed by atoms with Crippen molar-refractivity contribution in [3.8, 4) is 0 Å². The van der Waals surface area contributed by atoms with Gasteiger partial charge in [0.1, 0.15) is 23.3 Å². The van der Waals surface area contributed by atoms with E-state index in [0.29, 0.717) is 5.69 Å². The molecule has 6 nitrogen and oxygen atoms in total. The van der Waals surface area contributed by atoms with Gasteiger partial charge in [-0.05, 0) is 63.9 Å². The molecule has 1 aromatic heterocycles. The van der Waals surface area contributed by atoms with E-state index in [-0.39, 0.29) is 12.0 Å². The fraction of sp³-hybridized carbons (Fsp3) is 0.435. The van der Waals surface area contributed by atoms with E-state index in [2.05, 4.69) is 4.98 Å². The molecule has 1 atom stereocenters. The number of carbonyl (C=O) groups excluding carboxylic acids is 2. The monoisotopic (exact) mass is 433 g/mol. The Morgan fingerprint density at radius 3 is 2.16 bits per heavy atom. The summed E-state index contributed by atoms with van der Waals surface area (Å²) >= 11 is 0. The van der Waals surface area contributed by atoms with Crippen molar-refractivity contribution in [2.75, 3.05) is 19.0 Å². The highest BCUT2D eigenvalue weighted by Gasteiger charge is 2.33. The first kappa shape index (κ1) is 24.2. The zero-order valence-corrected chi connectivity index (χ0v) is 19.0. The first-order chi connectivity index (χ1) is 14.3. The van der Waals surface area contributed by atoms with Crippen molar-refractivity contribution in [3.63, 3.8) is 0 Å². The predicted octanol–water partition coefficient (Wildman–Crippen LogP) is 4.42. The molecule has 0 bridgehead atoms. The number of aromatic nitrogens is 1. The average Bonchev–Trinajstić information content (AvgIpc) is 2.64. The summed E-state index contributed by atoms with van der Waals surface area (Å²) in [5.41, 5.74) is 1.76. The lowest BCUT2D eigenvalue weighted by Gasteiger charge is -2.32. The van der Waals surface area contributed by atoms with E-state index in [0.717, 1.165) is 34.4 Å². The van der Waals surface area contributed by atoms with Crippen LogP contribution in [0.15, 0.2) is 30.5 Å². The van der Waals surface area contributed by atoms with Crippen LogP contribution in [0.4, 0.5) is 19.3 Å². The van der Waals surface area contributed by atoms with Gasteiger partial charge in [0, 0.05) is 32.3 Å². The normalized spacial score (nSPS) is 12.3. The highest BCUT2D eigenvalue weighted by Crippen LogP contribution is 2.21. The Balaban J connectivity index is 2.40. The van der Waals surface area contributed by atoms with Crippen LogP contribution in [-0.4, -0.2) is 47.6 Å². The number of ether oxygens (including phenoxy) is 1. The minimum atomic E-state index is -1.05. The van der Waals surface area contributed by atoms with Gasteiger partial charge in [0.05, 0.1) is 11.9 Å². The van der Waals surface area contributed by atoms with Crippen molar-refractivity contribution in [1.82, 2.24) is 9.88 Å². The molecule has 2 aromatic rings. The molecular weight excluding hydrogens is 404 g/mol. The Hall–Kier alpha value is -3.03. The van der Waals surface area contributed by atoms with Gasteiger partial charge in [-0.25, -0.2) is 13.6 Å². The van der Waals surface area contributed by atoms with Gasteiger partial charge < -0.3 is 9.64 Å². The number of aryl methyl sites for hydroxylation is 2. The second-order valence-corrected chi connectivity index (χ2v) is 8.58. The topological polar surface area (TPSA) is 62.7 Å². The van der Waals surface area contributed by atoms with E-state index in [1.807, 2.05) is 19.9 Å². The molecule has 168 valence electrons. The number of hydrogen-bond donors (Lipinski definition) is 0. The largest absolute Gasteiger partial charge is 0.444 e. The van der Waals surface area contributed by atoms with Gasteiger partial charge in [-0.1, -0.05) is 0 Å². The number of anilines is 1. The molecule has 0 N–H and O–H groups in total. The van der Waals surface area contributed by atoms with Crippen molar-refractivity contribution >= 4 is 17.7 Å². The van der Waals surface area contributed by atoms with Gasteiger partial charge in [0.15, 0.2) is 0 Å². The zero-order valence-electron chi connectivity index (χ0n) is 19.0. The minimum absolute atomic E-state index is 0.0914. The summed E-state index contributed by atoms with van der Waals surface area (Å²) in [6.07, 6.45) is 0.757. The molecular formula is C23H29F2N3O3. The number of likely N-dealkylation sites (N-methyl/N-ethyl adjacent to an activating group) is 2. The summed E-state index contributed by atoms with van der Waals surface area (Å²) < 4.78 is 32.8. The number of hydrogen-bond acceptors (Lipinski definition) is 4. The average molecular weight is 433 g/mol. The summed E-state index contributed by atoms with van der Waals surface area (Å²) in [7, 11) is 3.00. The van der Waals surface area contributed by atoms with Gasteiger partial charge in [0.2, 0.25) is 5.91 Å². The molecule has 2 amide bonds. The molecule has 0 saturated heterocycles. The Labute approximate surface area is 181 Å². The van der Waals surface area contributed by atoms with Gasteiger partial charge in [-0.2, -0.15) is 0 Å². The summed E-state index contributed by atoms with van der Waals surface area (Å²) in [6, 6.07) is 3.80. The third-order valence-corrected chi connectivity index (χ3v) is 4.83. The van der Waals surface area contributed by atoms with Crippen LogP contribution in [0.3, 0.4) is 0 Å². The molecule has 1 unspecified atom stereocenters. The Bertz CT molecular complexity index is 953. The molecule has 1 heterocycles. The van der Waals surface area contributed by atoms with Crippen LogP contribution < -0.4 is 4.90 Å². The Morgan fingerprint density at radius 2 is 1.65 bits per heavy atom. The molecule has 0 aliphatic carbocycles. The van der Waals surface area contributed by atoms with E-state index in [1.54, 1.807) is 34.0 Å². The van der Waals surface area contributed by atoms with Crippen LogP contribution in [0.25, 0.3) is 0 Å². The van der Waals surface area contributed by atoms with Crippen LogP contribution in [0.1, 0.15) is 37.6 Å². The minimum Gasteiger partial charge on any atom is -0.444 e. The molecule has 0 spiro atoms. The van der Waals surface area contributed by atoms with Gasteiger partial charge in [0.25, 0.3) is 0 Å². The quantitative estimate of drug-likeness (QED) is 0.700. The first-order valence-corrected chi connectivity index (χ1v) is 9.90. The molecule has 0 aliphatic rings. The van der Waals surface area contributed by atoms with Crippen LogP contribution in [0.2, 0.25) is 0 Å². The molecule has 2 rings (SSSR count). The summed E-state index contributed by atoms with van der Waals surface area (Å²) in [5, 5.41) is 0. The second-order valence-electron chi connectivity index (χ2n) is 8.58. The van der Waals surface area contributed by atoms with Crippen molar-refractivity contribution in [1.29, 1.82) is 0 Å². The van der Waals surface area contributed by atoms with Crippen molar-refractivity contribution in [3.05, 3.63) is 58.9 Å². The summed E-state index contributed by atoms with van der Waals surface area (Å²) in [4.78, 5) is 32.9. The van der Waals surface area contributed by atoms with Crippen LogP contribution in [0, 0.1) is 25.5 Å². The second kappa shape index (κ2) is 9.41. The number of benzene rings is 1. The van der Waals surface area contributed by atoms with Gasteiger partial charge >= 0.3 is 6.09 Å². The molecule has 0 radical (unpaired) electrons. The molecule has 31 heavy (non-hydrogen) atoms. The summed E-state index contributed by atoms with van der Waals surface area (Å²) in [5.74, 6) is -1.95. The first-order valence-electron chi connectivity index (χ1n) is 9.90. The van der Waals surface area contributed by atoms with E-state index in [4.69, 9.17) is 4.74 Å². The molecule has 0 aliphatic heterocycles. The van der Waals surface area contributed by atoms with Gasteiger partial charge in [-0.3, -0.25) is 14.7 Å². The zero-order chi connectivity index (χ0) is 23.5. The maximum Gasteiger partial charge on any atom is 0.410 e. The third kappa shape index (κ3) is 6.47. The Kier molecular flexibility index (Phi) is 7.36. The smallest absolute Gasteiger partial charge is 0.410 e. The van der Waals surface area contributed by atoms with E-state index >= 15 is 0 Å². The lowest BCUT2D eigenvalue weighted by molar-refractivity contribution is -0.123. The van der Waals surface area contributed by atoms with E-state index in [9.17, 15) is 18.4 Å². The fourth-order valence-electron chi connectivity index (χ4n) is 2.97. The highest BCUT2D eigenvalue weighted by molar-refractivity contribution is 5.98. The molecule has 0 fully saturated rings. The summed E-state index contributed by atoms with van der Waals surface area (Å²) in [6.45, 7) is 8.88.